The summed E-state index contributed by atoms with van der Waals surface area (Å²) in [5.74, 6) is 0. The highest BCUT2D eigenvalue weighted by atomic mass is 79.9. The van der Waals surface area contributed by atoms with Crippen LogP contribution in [-0.2, 0) is 6.42 Å². The van der Waals surface area contributed by atoms with E-state index in [1.165, 1.54) is 10.4 Å². The van der Waals surface area contributed by atoms with Gasteiger partial charge in [0.25, 0.3) is 0 Å². The fourth-order valence-electron chi connectivity index (χ4n) is 1.66. The van der Waals surface area contributed by atoms with Crippen LogP contribution in [0.25, 0.3) is 0 Å². The van der Waals surface area contributed by atoms with Gasteiger partial charge in [-0.25, -0.2) is 0 Å². The first-order valence-corrected chi connectivity index (χ1v) is 7.01. The van der Waals surface area contributed by atoms with E-state index < -0.39 is 6.10 Å². The molecule has 0 aliphatic heterocycles. The summed E-state index contributed by atoms with van der Waals surface area (Å²) in [6.07, 6.45) is 3.70. The van der Waals surface area contributed by atoms with Gasteiger partial charge in [0, 0.05) is 33.0 Å². The predicted octanol–water partition coefficient (Wildman–Crippen LogP) is 3.80. The molecular formula is C13H14BrNOS. The predicted molar refractivity (Wildman–Crippen MR) is 74.4 cm³/mol. The van der Waals surface area contributed by atoms with Crippen LogP contribution in [0, 0.1) is 13.8 Å². The van der Waals surface area contributed by atoms with E-state index in [2.05, 4.69) is 40.8 Å². The zero-order chi connectivity index (χ0) is 12.4. The average molecular weight is 312 g/mol. The fourth-order valence-corrected chi connectivity index (χ4v) is 3.10. The van der Waals surface area contributed by atoms with Crippen LogP contribution in [0.15, 0.2) is 29.0 Å². The first-order chi connectivity index (χ1) is 8.06. The highest BCUT2D eigenvalue weighted by Gasteiger charge is 2.12. The van der Waals surface area contributed by atoms with E-state index in [1.54, 1.807) is 23.7 Å². The van der Waals surface area contributed by atoms with Crippen molar-refractivity contribution >= 4 is 27.3 Å². The lowest BCUT2D eigenvalue weighted by Gasteiger charge is -2.08. The van der Waals surface area contributed by atoms with Crippen molar-refractivity contribution in [1.82, 2.24) is 4.98 Å². The normalized spacial score (nSPS) is 12.7. The first kappa shape index (κ1) is 12.7. The molecule has 17 heavy (non-hydrogen) atoms. The number of halogens is 1. The Morgan fingerprint density at radius 2 is 2.12 bits per heavy atom. The summed E-state index contributed by atoms with van der Waals surface area (Å²) in [7, 11) is 0. The van der Waals surface area contributed by atoms with E-state index in [9.17, 15) is 5.11 Å². The van der Waals surface area contributed by atoms with Gasteiger partial charge in [-0.1, -0.05) is 0 Å². The zero-order valence-corrected chi connectivity index (χ0v) is 12.2. The number of hydrogen-bond acceptors (Lipinski definition) is 3. The third-order valence-corrected chi connectivity index (χ3v) is 4.39. The highest BCUT2D eigenvalue weighted by molar-refractivity contribution is 9.10. The minimum Gasteiger partial charge on any atom is -0.387 e. The average Bonchev–Trinajstić information content (AvgIpc) is 2.59. The second kappa shape index (κ2) is 5.29. The fraction of sp³-hybridized carbons (Fsp3) is 0.308. The molecule has 4 heteroatoms. The number of aromatic nitrogens is 1. The second-order valence-electron chi connectivity index (χ2n) is 4.12. The molecule has 2 heterocycles. The van der Waals surface area contributed by atoms with Crippen LogP contribution >= 0.6 is 27.3 Å². The van der Waals surface area contributed by atoms with Crippen molar-refractivity contribution in [3.8, 4) is 0 Å². The number of nitrogens with zero attached hydrogens (tertiary/aromatic N) is 1. The molecule has 0 fully saturated rings. The molecule has 2 aromatic heterocycles. The zero-order valence-electron chi connectivity index (χ0n) is 9.77. The van der Waals surface area contributed by atoms with Crippen molar-refractivity contribution in [1.29, 1.82) is 0 Å². The third-order valence-electron chi connectivity index (χ3n) is 2.70. The number of aliphatic hydroxyl groups is 1. The van der Waals surface area contributed by atoms with Gasteiger partial charge in [0.2, 0.25) is 0 Å². The van der Waals surface area contributed by atoms with Crippen LogP contribution in [0.3, 0.4) is 0 Å². The topological polar surface area (TPSA) is 33.1 Å². The second-order valence-corrected chi connectivity index (χ2v) is 6.32. The van der Waals surface area contributed by atoms with Crippen LogP contribution < -0.4 is 0 Å². The summed E-state index contributed by atoms with van der Waals surface area (Å²) in [5.41, 5.74) is 2.28. The van der Waals surface area contributed by atoms with Crippen molar-refractivity contribution in [2.45, 2.75) is 26.4 Å². The molecule has 0 aromatic carbocycles. The maximum atomic E-state index is 10.2. The smallest absolute Gasteiger partial charge is 0.0922 e. The lowest BCUT2D eigenvalue weighted by Crippen LogP contribution is -1.99. The molecule has 0 saturated carbocycles. The number of aliphatic hydroxyl groups excluding tert-OH is 1. The monoisotopic (exact) mass is 311 g/mol. The summed E-state index contributed by atoms with van der Waals surface area (Å²) in [4.78, 5) is 6.40. The molecular weight excluding hydrogens is 298 g/mol. The molecule has 90 valence electrons. The molecule has 1 N–H and O–H groups in total. The Morgan fingerprint density at radius 3 is 2.71 bits per heavy atom. The van der Waals surface area contributed by atoms with Crippen molar-refractivity contribution in [3.05, 3.63) is 49.9 Å². The van der Waals surface area contributed by atoms with Crippen LogP contribution in [0.1, 0.15) is 27.0 Å². The molecule has 2 aromatic rings. The molecule has 0 saturated heterocycles. The number of rotatable bonds is 3. The van der Waals surface area contributed by atoms with E-state index >= 15 is 0 Å². The third kappa shape index (κ3) is 3.15. The highest BCUT2D eigenvalue weighted by Crippen LogP contribution is 2.28. The van der Waals surface area contributed by atoms with Crippen molar-refractivity contribution in [2.75, 3.05) is 0 Å². The molecule has 2 rings (SSSR count). The molecule has 0 aliphatic rings. The van der Waals surface area contributed by atoms with Gasteiger partial charge >= 0.3 is 0 Å². The van der Waals surface area contributed by atoms with E-state index in [0.717, 1.165) is 14.9 Å². The van der Waals surface area contributed by atoms with Gasteiger partial charge < -0.3 is 5.11 Å². The first-order valence-electron chi connectivity index (χ1n) is 5.40. The molecule has 0 radical (unpaired) electrons. The van der Waals surface area contributed by atoms with Gasteiger partial charge in [0.15, 0.2) is 0 Å². The lowest BCUT2D eigenvalue weighted by molar-refractivity contribution is 0.182. The molecule has 1 atom stereocenters. The summed E-state index contributed by atoms with van der Waals surface area (Å²) in [6, 6.07) is 4.06. The molecule has 0 spiro atoms. The van der Waals surface area contributed by atoms with Crippen LogP contribution in [0.2, 0.25) is 0 Å². The minimum atomic E-state index is -0.441. The standard InChI is InChI=1S/C13H14BrNOS/c1-8-3-13(17-9(8)2)12(16)5-10-4-11(14)7-15-6-10/h3-4,6-7,12,16H,5H2,1-2H3. The van der Waals surface area contributed by atoms with Crippen molar-refractivity contribution in [2.24, 2.45) is 0 Å². The van der Waals surface area contributed by atoms with Gasteiger partial charge in [-0.3, -0.25) is 4.98 Å². The summed E-state index contributed by atoms with van der Waals surface area (Å²) >= 11 is 5.05. The van der Waals surface area contributed by atoms with Gasteiger partial charge in [0.1, 0.15) is 0 Å². The van der Waals surface area contributed by atoms with E-state index in [0.29, 0.717) is 6.42 Å². The van der Waals surface area contributed by atoms with Gasteiger partial charge in [-0.2, -0.15) is 0 Å². The molecule has 0 amide bonds. The number of hydrogen-bond donors (Lipinski definition) is 1. The van der Waals surface area contributed by atoms with Crippen molar-refractivity contribution < 1.29 is 5.11 Å². The number of thiophene rings is 1. The van der Waals surface area contributed by atoms with Gasteiger partial charge in [0.05, 0.1) is 6.10 Å². The largest absolute Gasteiger partial charge is 0.387 e. The maximum Gasteiger partial charge on any atom is 0.0922 e. The Balaban J connectivity index is 2.14. The van der Waals surface area contributed by atoms with E-state index in [-0.39, 0.29) is 0 Å². The summed E-state index contributed by atoms with van der Waals surface area (Å²) in [6.45, 7) is 4.15. The van der Waals surface area contributed by atoms with Crippen LogP contribution in [-0.4, -0.2) is 10.1 Å². The lowest BCUT2D eigenvalue weighted by atomic mass is 10.1. The number of pyridine rings is 1. The van der Waals surface area contributed by atoms with Crippen molar-refractivity contribution in [3.63, 3.8) is 0 Å². The Kier molecular flexibility index (Phi) is 3.97. The molecule has 2 nitrogen and oxygen atoms in total. The SMILES string of the molecule is Cc1cc(C(O)Cc2cncc(Br)c2)sc1C. The van der Waals surface area contributed by atoms with E-state index in [1.807, 2.05) is 6.07 Å². The van der Waals surface area contributed by atoms with Crippen LogP contribution in [0.4, 0.5) is 0 Å². The van der Waals surface area contributed by atoms with Gasteiger partial charge in [-0.05, 0) is 53.0 Å². The maximum absolute atomic E-state index is 10.2. The Bertz CT molecular complexity index is 504. The molecule has 0 aliphatic carbocycles. The Hall–Kier alpha value is -0.710. The summed E-state index contributed by atoms with van der Waals surface area (Å²) < 4.78 is 0.945. The molecule has 1 unspecified atom stereocenters. The quantitative estimate of drug-likeness (QED) is 0.935. The van der Waals surface area contributed by atoms with E-state index in [4.69, 9.17) is 0 Å². The van der Waals surface area contributed by atoms with Gasteiger partial charge in [-0.15, -0.1) is 11.3 Å². The minimum absolute atomic E-state index is 0.441. The Labute approximate surface area is 113 Å². The summed E-state index contributed by atoms with van der Waals surface area (Å²) in [5, 5.41) is 10.2. The van der Waals surface area contributed by atoms with Crippen LogP contribution in [0.5, 0.6) is 0 Å². The number of aryl methyl sites for hydroxylation is 2. The Morgan fingerprint density at radius 1 is 1.35 bits per heavy atom. The molecule has 0 bridgehead atoms.